The number of anilines is 1. The second-order valence-corrected chi connectivity index (χ2v) is 4.22. The molecule has 0 atom stereocenters. The average molecular weight is 273 g/mol. The minimum atomic E-state index is -0.338. The number of carbonyl (C=O) groups is 1. The second kappa shape index (κ2) is 6.01. The third-order valence-electron chi connectivity index (χ3n) is 2.67. The smallest absolute Gasteiger partial charge is 0.267 e. The van der Waals surface area contributed by atoms with E-state index in [1.54, 1.807) is 37.3 Å². The van der Waals surface area contributed by atoms with Gasteiger partial charge in [0, 0.05) is 6.07 Å². The monoisotopic (exact) mass is 273 g/mol. The van der Waals surface area contributed by atoms with Gasteiger partial charge < -0.3 is 10.1 Å². The summed E-state index contributed by atoms with van der Waals surface area (Å²) < 4.78 is 6.27. The van der Waals surface area contributed by atoms with E-state index < -0.39 is 0 Å². The van der Waals surface area contributed by atoms with Gasteiger partial charge in [0.15, 0.2) is 0 Å². The lowest BCUT2D eigenvalue weighted by Crippen LogP contribution is -2.29. The highest BCUT2D eigenvalue weighted by atomic mass is 16.5. The number of para-hydroxylation sites is 2. The Morgan fingerprint density at radius 1 is 1.30 bits per heavy atom. The van der Waals surface area contributed by atoms with Crippen molar-refractivity contribution in [1.29, 1.82) is 0 Å². The lowest BCUT2D eigenvalue weighted by atomic mass is 10.3. The summed E-state index contributed by atoms with van der Waals surface area (Å²) in [5.41, 5.74) is 0.918. The van der Waals surface area contributed by atoms with E-state index in [1.807, 2.05) is 0 Å². The molecule has 0 radical (unpaired) electrons. The summed E-state index contributed by atoms with van der Waals surface area (Å²) in [6.45, 7) is 1.62. The fourth-order valence-electron chi connectivity index (χ4n) is 1.74. The van der Waals surface area contributed by atoms with Crippen molar-refractivity contribution < 1.29 is 9.53 Å². The van der Waals surface area contributed by atoms with Gasteiger partial charge in [-0.05, 0) is 25.1 Å². The number of nitrogens with zero attached hydrogens (tertiary/aromatic N) is 2. The summed E-state index contributed by atoms with van der Waals surface area (Å²) >= 11 is 0. The number of aryl methyl sites for hydroxylation is 1. The van der Waals surface area contributed by atoms with Gasteiger partial charge in [0.1, 0.15) is 12.3 Å². The summed E-state index contributed by atoms with van der Waals surface area (Å²) in [7, 11) is 1.53. The van der Waals surface area contributed by atoms with Gasteiger partial charge >= 0.3 is 0 Å². The number of benzene rings is 1. The predicted octanol–water partition coefficient (Wildman–Crippen LogP) is 1.20. The SMILES string of the molecule is COc1ccccc1NC(=O)Cn1nc(C)ccc1=O. The molecule has 1 amide bonds. The number of aromatic nitrogens is 2. The van der Waals surface area contributed by atoms with Gasteiger partial charge in [0.25, 0.3) is 5.56 Å². The summed E-state index contributed by atoms with van der Waals surface area (Å²) in [5, 5.41) is 6.70. The first-order chi connectivity index (χ1) is 9.60. The number of hydrogen-bond acceptors (Lipinski definition) is 4. The average Bonchev–Trinajstić information content (AvgIpc) is 2.43. The Labute approximate surface area is 116 Å². The lowest BCUT2D eigenvalue weighted by Gasteiger charge is -2.10. The number of ether oxygens (including phenoxy) is 1. The maximum absolute atomic E-state index is 11.9. The van der Waals surface area contributed by atoms with Gasteiger partial charge in [-0.25, -0.2) is 4.68 Å². The second-order valence-electron chi connectivity index (χ2n) is 4.22. The third kappa shape index (κ3) is 3.23. The van der Waals surface area contributed by atoms with Crippen LogP contribution in [0.5, 0.6) is 5.75 Å². The summed E-state index contributed by atoms with van der Waals surface area (Å²) in [6.07, 6.45) is 0. The Bertz CT molecular complexity index is 679. The van der Waals surface area contributed by atoms with Gasteiger partial charge in [-0.15, -0.1) is 0 Å². The van der Waals surface area contributed by atoms with Crippen LogP contribution in [0.3, 0.4) is 0 Å². The predicted molar refractivity (Wildman–Crippen MR) is 74.9 cm³/mol. The van der Waals surface area contributed by atoms with E-state index in [0.29, 0.717) is 17.1 Å². The van der Waals surface area contributed by atoms with Crippen molar-refractivity contribution in [2.24, 2.45) is 0 Å². The molecule has 0 bridgehead atoms. The molecule has 0 saturated heterocycles. The van der Waals surface area contributed by atoms with E-state index in [0.717, 1.165) is 4.68 Å². The molecular weight excluding hydrogens is 258 g/mol. The number of hydrogen-bond donors (Lipinski definition) is 1. The van der Waals surface area contributed by atoms with E-state index in [2.05, 4.69) is 10.4 Å². The molecule has 1 heterocycles. The topological polar surface area (TPSA) is 73.2 Å². The molecule has 0 spiro atoms. The Balaban J connectivity index is 2.13. The molecule has 2 rings (SSSR count). The van der Waals surface area contributed by atoms with Gasteiger partial charge in [0.05, 0.1) is 18.5 Å². The van der Waals surface area contributed by atoms with Gasteiger partial charge in [-0.3, -0.25) is 9.59 Å². The molecule has 104 valence electrons. The number of nitrogens with one attached hydrogen (secondary N) is 1. The molecule has 0 fully saturated rings. The summed E-state index contributed by atoms with van der Waals surface area (Å²) in [5.74, 6) is 0.222. The van der Waals surface area contributed by atoms with E-state index in [1.165, 1.54) is 13.2 Å². The lowest BCUT2D eigenvalue weighted by molar-refractivity contribution is -0.117. The minimum Gasteiger partial charge on any atom is -0.495 e. The Morgan fingerprint density at radius 3 is 2.80 bits per heavy atom. The van der Waals surface area contributed by atoms with Crippen molar-refractivity contribution in [3.8, 4) is 5.75 Å². The van der Waals surface area contributed by atoms with Crippen molar-refractivity contribution in [1.82, 2.24) is 9.78 Å². The Hall–Kier alpha value is -2.63. The van der Waals surface area contributed by atoms with Crippen LogP contribution in [0.2, 0.25) is 0 Å². The molecule has 1 aromatic carbocycles. The van der Waals surface area contributed by atoms with Crippen LogP contribution in [0.15, 0.2) is 41.2 Å². The first-order valence-electron chi connectivity index (χ1n) is 6.08. The fourth-order valence-corrected chi connectivity index (χ4v) is 1.74. The zero-order valence-corrected chi connectivity index (χ0v) is 11.3. The highest BCUT2D eigenvalue weighted by Gasteiger charge is 2.09. The van der Waals surface area contributed by atoms with E-state index in [4.69, 9.17) is 4.74 Å². The van der Waals surface area contributed by atoms with Crippen LogP contribution < -0.4 is 15.6 Å². The number of methoxy groups -OCH3 is 1. The van der Waals surface area contributed by atoms with E-state index >= 15 is 0 Å². The molecule has 0 aliphatic rings. The van der Waals surface area contributed by atoms with E-state index in [9.17, 15) is 9.59 Å². The van der Waals surface area contributed by atoms with Crippen LogP contribution in [0.25, 0.3) is 0 Å². The number of rotatable bonds is 4. The highest BCUT2D eigenvalue weighted by Crippen LogP contribution is 2.22. The maximum Gasteiger partial charge on any atom is 0.267 e. The summed E-state index contributed by atoms with van der Waals surface area (Å²) in [6, 6.07) is 10.1. The molecule has 0 aliphatic carbocycles. The highest BCUT2D eigenvalue weighted by molar-refractivity contribution is 5.92. The normalized spacial score (nSPS) is 10.1. The molecular formula is C14H15N3O3. The van der Waals surface area contributed by atoms with Crippen molar-refractivity contribution in [2.75, 3.05) is 12.4 Å². The van der Waals surface area contributed by atoms with Crippen molar-refractivity contribution in [3.05, 3.63) is 52.4 Å². The largest absolute Gasteiger partial charge is 0.495 e. The quantitative estimate of drug-likeness (QED) is 0.908. The van der Waals surface area contributed by atoms with E-state index in [-0.39, 0.29) is 18.0 Å². The van der Waals surface area contributed by atoms with Crippen LogP contribution in [0, 0.1) is 6.92 Å². The third-order valence-corrected chi connectivity index (χ3v) is 2.67. The molecule has 6 heteroatoms. The van der Waals surface area contributed by atoms with Gasteiger partial charge in [-0.1, -0.05) is 12.1 Å². The Morgan fingerprint density at radius 2 is 2.05 bits per heavy atom. The van der Waals surface area contributed by atoms with Gasteiger partial charge in [0.2, 0.25) is 5.91 Å². The molecule has 20 heavy (non-hydrogen) atoms. The van der Waals surface area contributed by atoms with Crippen LogP contribution >= 0.6 is 0 Å². The van der Waals surface area contributed by atoms with Crippen molar-refractivity contribution in [3.63, 3.8) is 0 Å². The molecule has 1 aromatic heterocycles. The fraction of sp³-hybridized carbons (Fsp3) is 0.214. The first kappa shape index (κ1) is 13.8. The standard InChI is InChI=1S/C14H15N3O3/c1-10-7-8-14(19)17(16-10)9-13(18)15-11-5-3-4-6-12(11)20-2/h3-8H,9H2,1-2H3,(H,15,18). The number of amides is 1. The molecule has 0 aliphatic heterocycles. The zero-order chi connectivity index (χ0) is 14.5. The van der Waals surface area contributed by atoms with Gasteiger partial charge in [-0.2, -0.15) is 5.10 Å². The maximum atomic E-state index is 11.9. The molecule has 0 saturated carbocycles. The van der Waals surface area contributed by atoms with Crippen LogP contribution in [-0.4, -0.2) is 22.8 Å². The molecule has 2 aromatic rings. The Kier molecular flexibility index (Phi) is 4.14. The van der Waals surface area contributed by atoms with Crippen LogP contribution in [0.1, 0.15) is 5.69 Å². The van der Waals surface area contributed by atoms with Crippen LogP contribution in [0.4, 0.5) is 5.69 Å². The van der Waals surface area contributed by atoms with Crippen LogP contribution in [-0.2, 0) is 11.3 Å². The molecule has 0 unspecified atom stereocenters. The zero-order valence-electron chi connectivity index (χ0n) is 11.3. The van der Waals surface area contributed by atoms with Crippen molar-refractivity contribution in [2.45, 2.75) is 13.5 Å². The minimum absolute atomic E-state index is 0.140. The summed E-state index contributed by atoms with van der Waals surface area (Å²) in [4.78, 5) is 23.5. The van der Waals surface area contributed by atoms with Crippen molar-refractivity contribution >= 4 is 11.6 Å². The first-order valence-corrected chi connectivity index (χ1v) is 6.08. The number of carbonyl (C=O) groups excluding carboxylic acids is 1. The molecule has 6 nitrogen and oxygen atoms in total. The molecule has 1 N–H and O–H groups in total.